The average Bonchev–Trinajstić information content (AvgIpc) is 2.34. The van der Waals surface area contributed by atoms with E-state index >= 15 is 0 Å². The van der Waals surface area contributed by atoms with Gasteiger partial charge in [0.1, 0.15) is 17.9 Å². The van der Waals surface area contributed by atoms with Gasteiger partial charge >= 0.3 is 0 Å². The van der Waals surface area contributed by atoms with Crippen LogP contribution in [0.3, 0.4) is 0 Å². The first-order valence-corrected chi connectivity index (χ1v) is 5.96. The summed E-state index contributed by atoms with van der Waals surface area (Å²) in [5.41, 5.74) is 0.245. The number of pyridine rings is 1. The Morgan fingerprint density at radius 2 is 2.06 bits per heavy atom. The quantitative estimate of drug-likeness (QED) is 0.879. The van der Waals surface area contributed by atoms with Crippen molar-refractivity contribution < 1.29 is 9.84 Å². The summed E-state index contributed by atoms with van der Waals surface area (Å²) in [5, 5.41) is 11.1. The number of benzene rings is 1. The molecule has 0 spiro atoms. The van der Waals surface area contributed by atoms with Crippen LogP contribution in [0.15, 0.2) is 36.5 Å². The van der Waals surface area contributed by atoms with Crippen LogP contribution in [0, 0.1) is 0 Å². The second-order valence-electron chi connectivity index (χ2n) is 4.70. The van der Waals surface area contributed by atoms with Gasteiger partial charge in [0.2, 0.25) is 0 Å². The van der Waals surface area contributed by atoms with Crippen molar-refractivity contribution >= 4 is 10.9 Å². The molecule has 1 N–H and O–H groups in total. The molecule has 3 rings (SSSR count). The lowest BCUT2D eigenvalue weighted by Crippen LogP contribution is -2.42. The molecule has 1 aromatic carbocycles. The van der Waals surface area contributed by atoms with Crippen LogP contribution < -0.4 is 4.74 Å². The van der Waals surface area contributed by atoms with Gasteiger partial charge in [-0.15, -0.1) is 0 Å². The Morgan fingerprint density at radius 1 is 1.24 bits per heavy atom. The fourth-order valence-electron chi connectivity index (χ4n) is 2.13. The van der Waals surface area contributed by atoms with E-state index in [2.05, 4.69) is 4.98 Å². The number of rotatable bonds is 3. The molecule has 3 nitrogen and oxygen atoms in total. The third-order valence-corrected chi connectivity index (χ3v) is 3.38. The van der Waals surface area contributed by atoms with Crippen LogP contribution in [-0.2, 0) is 0 Å². The van der Waals surface area contributed by atoms with Crippen LogP contribution >= 0.6 is 0 Å². The Labute approximate surface area is 100 Å². The van der Waals surface area contributed by atoms with E-state index in [1.807, 2.05) is 30.3 Å². The molecule has 1 aromatic heterocycles. The number of ether oxygens (including phenoxy) is 1. The lowest BCUT2D eigenvalue weighted by molar-refractivity contribution is -0.0660. The van der Waals surface area contributed by atoms with E-state index in [4.69, 9.17) is 4.74 Å². The SMILES string of the molecule is OC1(COc2cccc3cccnc23)CCC1. The minimum absolute atomic E-state index is 0.364. The fraction of sp³-hybridized carbons (Fsp3) is 0.357. The largest absolute Gasteiger partial charge is 0.488 e. The third kappa shape index (κ3) is 1.98. The summed E-state index contributed by atoms with van der Waals surface area (Å²) in [6, 6.07) is 9.77. The van der Waals surface area contributed by atoms with Crippen LogP contribution in [0.4, 0.5) is 0 Å². The Balaban J connectivity index is 1.85. The number of nitrogens with zero attached hydrogens (tertiary/aromatic N) is 1. The van der Waals surface area contributed by atoms with Crippen molar-refractivity contribution in [3.05, 3.63) is 36.5 Å². The van der Waals surface area contributed by atoms with Crippen molar-refractivity contribution in [2.24, 2.45) is 0 Å². The zero-order valence-electron chi connectivity index (χ0n) is 9.60. The lowest BCUT2D eigenvalue weighted by Gasteiger charge is -2.36. The van der Waals surface area contributed by atoms with Crippen LogP contribution in [0.5, 0.6) is 5.75 Å². The highest BCUT2D eigenvalue weighted by molar-refractivity contribution is 5.84. The van der Waals surface area contributed by atoms with Crippen molar-refractivity contribution in [3.8, 4) is 5.75 Å². The summed E-state index contributed by atoms with van der Waals surface area (Å²) in [6.45, 7) is 0.364. The monoisotopic (exact) mass is 229 g/mol. The fourth-order valence-corrected chi connectivity index (χ4v) is 2.13. The first kappa shape index (κ1) is 10.5. The molecule has 1 heterocycles. The van der Waals surface area contributed by atoms with Crippen LogP contribution in [0.25, 0.3) is 10.9 Å². The minimum Gasteiger partial charge on any atom is -0.488 e. The normalized spacial score (nSPS) is 17.7. The summed E-state index contributed by atoms with van der Waals surface area (Å²) < 4.78 is 5.71. The molecule has 0 radical (unpaired) electrons. The standard InChI is InChI=1S/C14H15NO2/c16-14(7-3-8-14)10-17-12-6-1-4-11-5-2-9-15-13(11)12/h1-2,4-6,9,16H,3,7-8,10H2. The predicted molar refractivity (Wildman–Crippen MR) is 66.0 cm³/mol. The number of fused-ring (bicyclic) bond motifs is 1. The summed E-state index contributed by atoms with van der Waals surface area (Å²) in [4.78, 5) is 4.32. The molecular weight excluding hydrogens is 214 g/mol. The Morgan fingerprint density at radius 3 is 2.82 bits per heavy atom. The lowest BCUT2D eigenvalue weighted by atomic mass is 9.81. The van der Waals surface area contributed by atoms with Crippen LogP contribution in [0.2, 0.25) is 0 Å². The predicted octanol–water partition coefficient (Wildman–Crippen LogP) is 2.53. The molecule has 1 aliphatic rings. The highest BCUT2D eigenvalue weighted by Crippen LogP contribution is 2.33. The summed E-state index contributed by atoms with van der Waals surface area (Å²) >= 11 is 0. The van der Waals surface area contributed by atoms with E-state index in [1.165, 1.54) is 0 Å². The molecule has 0 saturated heterocycles. The first-order valence-electron chi connectivity index (χ1n) is 5.96. The van der Waals surface area contributed by atoms with E-state index in [0.29, 0.717) is 6.61 Å². The molecule has 0 amide bonds. The zero-order chi connectivity index (χ0) is 11.7. The summed E-state index contributed by atoms with van der Waals surface area (Å²) in [5.74, 6) is 0.753. The number of hydrogen-bond acceptors (Lipinski definition) is 3. The summed E-state index contributed by atoms with van der Waals surface area (Å²) in [6.07, 6.45) is 4.53. The zero-order valence-corrected chi connectivity index (χ0v) is 9.60. The van der Waals surface area contributed by atoms with E-state index in [1.54, 1.807) is 6.20 Å². The summed E-state index contributed by atoms with van der Waals surface area (Å²) in [7, 11) is 0. The van der Waals surface area contributed by atoms with Crippen molar-refractivity contribution in [2.75, 3.05) is 6.61 Å². The van der Waals surface area contributed by atoms with Gasteiger partial charge in [-0.2, -0.15) is 0 Å². The first-order chi connectivity index (χ1) is 8.27. The number of para-hydroxylation sites is 1. The van der Waals surface area contributed by atoms with Crippen LogP contribution in [-0.4, -0.2) is 22.3 Å². The van der Waals surface area contributed by atoms with Gasteiger partial charge in [0.25, 0.3) is 0 Å². The van der Waals surface area contributed by atoms with E-state index < -0.39 is 5.60 Å². The minimum atomic E-state index is -0.614. The van der Waals surface area contributed by atoms with E-state index in [9.17, 15) is 5.11 Å². The Hall–Kier alpha value is -1.61. The number of aliphatic hydroxyl groups is 1. The second-order valence-corrected chi connectivity index (χ2v) is 4.70. The maximum Gasteiger partial charge on any atom is 0.145 e. The van der Waals surface area contributed by atoms with Gasteiger partial charge in [0.05, 0.1) is 5.60 Å². The molecular formula is C14H15NO2. The molecule has 17 heavy (non-hydrogen) atoms. The topological polar surface area (TPSA) is 42.4 Å². The molecule has 0 bridgehead atoms. The molecule has 2 aromatic rings. The smallest absolute Gasteiger partial charge is 0.145 e. The van der Waals surface area contributed by atoms with Crippen molar-refractivity contribution in [3.63, 3.8) is 0 Å². The van der Waals surface area contributed by atoms with Gasteiger partial charge in [0.15, 0.2) is 0 Å². The molecule has 0 unspecified atom stereocenters. The maximum atomic E-state index is 10.00. The average molecular weight is 229 g/mol. The van der Waals surface area contributed by atoms with Gasteiger partial charge in [-0.25, -0.2) is 0 Å². The highest BCUT2D eigenvalue weighted by atomic mass is 16.5. The second kappa shape index (κ2) is 4.00. The molecule has 1 saturated carbocycles. The molecule has 1 aliphatic carbocycles. The van der Waals surface area contributed by atoms with Gasteiger partial charge < -0.3 is 9.84 Å². The Kier molecular flexibility index (Phi) is 2.48. The van der Waals surface area contributed by atoms with Crippen LogP contribution in [0.1, 0.15) is 19.3 Å². The van der Waals surface area contributed by atoms with Gasteiger partial charge in [-0.3, -0.25) is 4.98 Å². The van der Waals surface area contributed by atoms with Gasteiger partial charge in [-0.05, 0) is 31.4 Å². The number of hydrogen-bond donors (Lipinski definition) is 1. The highest BCUT2D eigenvalue weighted by Gasteiger charge is 2.35. The number of aromatic nitrogens is 1. The third-order valence-electron chi connectivity index (χ3n) is 3.38. The molecule has 0 aliphatic heterocycles. The van der Waals surface area contributed by atoms with Gasteiger partial charge in [-0.1, -0.05) is 18.2 Å². The molecule has 1 fully saturated rings. The molecule has 3 heteroatoms. The van der Waals surface area contributed by atoms with E-state index in [0.717, 1.165) is 35.9 Å². The maximum absolute atomic E-state index is 10.00. The molecule has 88 valence electrons. The van der Waals surface area contributed by atoms with Crippen molar-refractivity contribution in [2.45, 2.75) is 24.9 Å². The van der Waals surface area contributed by atoms with E-state index in [-0.39, 0.29) is 0 Å². The van der Waals surface area contributed by atoms with Gasteiger partial charge in [0, 0.05) is 11.6 Å². The Bertz CT molecular complexity index is 529. The molecule has 0 atom stereocenters. The van der Waals surface area contributed by atoms with Crippen molar-refractivity contribution in [1.82, 2.24) is 4.98 Å². The van der Waals surface area contributed by atoms with Crippen molar-refractivity contribution in [1.29, 1.82) is 0 Å².